The molecule has 1 N–H and O–H groups in total. The van der Waals surface area contributed by atoms with Crippen LogP contribution in [0.4, 0.5) is 10.7 Å². The average Bonchev–Trinajstić information content (AvgIpc) is 3.67. The van der Waals surface area contributed by atoms with E-state index in [1.165, 1.54) is 12.8 Å². The Balaban J connectivity index is 1.23. The van der Waals surface area contributed by atoms with Crippen LogP contribution in [-0.4, -0.2) is 71.0 Å². The molecule has 1 aromatic carbocycles. The monoisotopic (exact) mass is 436 g/mol. The molecule has 1 aliphatic carbocycles. The summed E-state index contributed by atoms with van der Waals surface area (Å²) in [5.41, 5.74) is 1.12. The van der Waals surface area contributed by atoms with E-state index in [0.29, 0.717) is 51.0 Å². The summed E-state index contributed by atoms with van der Waals surface area (Å²) < 4.78 is 0. The quantitative estimate of drug-likeness (QED) is 0.688. The van der Waals surface area contributed by atoms with Gasteiger partial charge in [-0.25, -0.2) is 14.8 Å². The molecule has 8 heteroatoms. The molecule has 2 heterocycles. The summed E-state index contributed by atoms with van der Waals surface area (Å²) in [5.74, 6) is 1.37. The van der Waals surface area contributed by atoms with Gasteiger partial charge in [0.2, 0.25) is 11.9 Å². The second-order valence-corrected chi connectivity index (χ2v) is 8.58. The highest BCUT2D eigenvalue weighted by Crippen LogP contribution is 2.32. The molecule has 3 amide bonds. The van der Waals surface area contributed by atoms with Gasteiger partial charge in [-0.2, -0.15) is 0 Å². The van der Waals surface area contributed by atoms with Gasteiger partial charge in [0, 0.05) is 58.1 Å². The van der Waals surface area contributed by atoms with Crippen molar-refractivity contribution in [3.8, 4) is 0 Å². The third-order valence-corrected chi connectivity index (χ3v) is 6.24. The first kappa shape index (κ1) is 22.0. The lowest BCUT2D eigenvalue weighted by molar-refractivity contribution is -0.131. The van der Waals surface area contributed by atoms with Crippen LogP contribution >= 0.6 is 0 Å². The Bertz CT molecular complexity index is 882. The molecule has 0 bridgehead atoms. The molecule has 1 saturated carbocycles. The topological polar surface area (TPSA) is 81.7 Å². The van der Waals surface area contributed by atoms with Gasteiger partial charge in [0.15, 0.2) is 0 Å². The van der Waals surface area contributed by atoms with Crippen LogP contribution in [0, 0.1) is 5.92 Å². The number of carbonyl (C=O) groups excluding carboxylic acids is 2. The average molecular weight is 437 g/mol. The Morgan fingerprint density at radius 1 is 1.06 bits per heavy atom. The molecule has 8 nitrogen and oxygen atoms in total. The molecule has 1 unspecified atom stereocenters. The molecule has 2 fully saturated rings. The van der Waals surface area contributed by atoms with Crippen LogP contribution in [0.5, 0.6) is 0 Å². The van der Waals surface area contributed by atoms with Crippen molar-refractivity contribution in [1.29, 1.82) is 0 Å². The maximum atomic E-state index is 12.9. The second kappa shape index (κ2) is 10.4. The van der Waals surface area contributed by atoms with E-state index in [2.05, 4.69) is 39.2 Å². The molecule has 1 saturated heterocycles. The van der Waals surface area contributed by atoms with Crippen LogP contribution in [0.2, 0.25) is 0 Å². The van der Waals surface area contributed by atoms with Crippen molar-refractivity contribution in [1.82, 2.24) is 25.1 Å². The summed E-state index contributed by atoms with van der Waals surface area (Å²) in [6.07, 6.45) is 6.14. The van der Waals surface area contributed by atoms with Gasteiger partial charge in [-0.05, 0) is 37.3 Å². The third kappa shape index (κ3) is 5.75. The van der Waals surface area contributed by atoms with E-state index in [4.69, 9.17) is 0 Å². The van der Waals surface area contributed by atoms with Crippen LogP contribution in [0.25, 0.3) is 0 Å². The lowest BCUT2D eigenvalue weighted by Crippen LogP contribution is -2.50. The Morgan fingerprint density at radius 3 is 2.41 bits per heavy atom. The number of anilines is 1. The molecule has 1 aromatic heterocycles. The summed E-state index contributed by atoms with van der Waals surface area (Å²) in [5, 5.41) is 2.98. The minimum Gasteiger partial charge on any atom is -0.339 e. The standard InChI is InChI=1S/C24H32N6O2/c1-19(21-6-3-2-4-7-21)30(18-20-8-9-20)24(32)27-13-10-22(31)28-14-16-29(17-15-28)23-25-11-5-12-26-23/h2-7,11-12,19-20H,8-10,13-18H2,1H3,(H,27,32). The van der Waals surface area contributed by atoms with Crippen LogP contribution < -0.4 is 10.2 Å². The van der Waals surface area contributed by atoms with Gasteiger partial charge in [0.25, 0.3) is 0 Å². The Hall–Kier alpha value is -3.16. The number of nitrogens with zero attached hydrogens (tertiary/aromatic N) is 5. The van der Waals surface area contributed by atoms with Gasteiger partial charge in [0.1, 0.15) is 0 Å². The van der Waals surface area contributed by atoms with Gasteiger partial charge in [0.05, 0.1) is 6.04 Å². The number of amides is 3. The molecule has 4 rings (SSSR count). The zero-order valence-corrected chi connectivity index (χ0v) is 18.7. The Kier molecular flexibility index (Phi) is 7.19. The molecule has 2 aromatic rings. The van der Waals surface area contributed by atoms with E-state index in [9.17, 15) is 9.59 Å². The van der Waals surface area contributed by atoms with Crippen molar-refractivity contribution in [2.45, 2.75) is 32.2 Å². The number of nitrogens with one attached hydrogen (secondary N) is 1. The fourth-order valence-corrected chi connectivity index (χ4v) is 4.05. The molecule has 2 aliphatic rings. The van der Waals surface area contributed by atoms with Crippen LogP contribution in [0.3, 0.4) is 0 Å². The van der Waals surface area contributed by atoms with E-state index in [1.807, 2.05) is 28.0 Å². The fraction of sp³-hybridized carbons (Fsp3) is 0.500. The predicted molar refractivity (Wildman–Crippen MR) is 123 cm³/mol. The van der Waals surface area contributed by atoms with Gasteiger partial charge >= 0.3 is 6.03 Å². The van der Waals surface area contributed by atoms with Crippen LogP contribution in [0.1, 0.15) is 37.8 Å². The number of aromatic nitrogens is 2. The van der Waals surface area contributed by atoms with Crippen LogP contribution in [0.15, 0.2) is 48.8 Å². The smallest absolute Gasteiger partial charge is 0.317 e. The van der Waals surface area contributed by atoms with Crippen molar-refractivity contribution >= 4 is 17.9 Å². The van der Waals surface area contributed by atoms with Gasteiger partial charge in [-0.3, -0.25) is 4.79 Å². The zero-order chi connectivity index (χ0) is 22.3. The van der Waals surface area contributed by atoms with Crippen molar-refractivity contribution in [2.24, 2.45) is 5.92 Å². The number of carbonyl (C=O) groups is 2. The summed E-state index contributed by atoms with van der Waals surface area (Å²) >= 11 is 0. The predicted octanol–water partition coefficient (Wildman–Crippen LogP) is 2.70. The first-order valence-electron chi connectivity index (χ1n) is 11.5. The van der Waals surface area contributed by atoms with Gasteiger partial charge in [-0.15, -0.1) is 0 Å². The lowest BCUT2D eigenvalue weighted by atomic mass is 10.1. The second-order valence-electron chi connectivity index (χ2n) is 8.58. The minimum atomic E-state index is -0.0906. The normalized spacial score (nSPS) is 17.0. The largest absolute Gasteiger partial charge is 0.339 e. The number of benzene rings is 1. The maximum absolute atomic E-state index is 12.9. The highest BCUT2D eigenvalue weighted by molar-refractivity contribution is 5.79. The zero-order valence-electron chi connectivity index (χ0n) is 18.7. The number of piperazine rings is 1. The molecule has 0 spiro atoms. The molecular weight excluding hydrogens is 404 g/mol. The third-order valence-electron chi connectivity index (χ3n) is 6.24. The van der Waals surface area contributed by atoms with E-state index in [-0.39, 0.29) is 18.0 Å². The van der Waals surface area contributed by atoms with Gasteiger partial charge < -0.3 is 20.0 Å². The molecule has 0 radical (unpaired) electrons. The van der Waals surface area contributed by atoms with E-state index < -0.39 is 0 Å². The first-order valence-corrected chi connectivity index (χ1v) is 11.5. The summed E-state index contributed by atoms with van der Waals surface area (Å²) in [6, 6.07) is 11.8. The van der Waals surface area contributed by atoms with Crippen molar-refractivity contribution in [3.05, 3.63) is 54.4 Å². The summed E-state index contributed by atoms with van der Waals surface area (Å²) in [7, 11) is 0. The van der Waals surface area contributed by atoms with Crippen molar-refractivity contribution in [2.75, 3.05) is 44.2 Å². The number of hydrogen-bond acceptors (Lipinski definition) is 5. The van der Waals surface area contributed by atoms with E-state index in [0.717, 1.165) is 12.1 Å². The summed E-state index contributed by atoms with van der Waals surface area (Å²) in [4.78, 5) is 40.0. The lowest BCUT2D eigenvalue weighted by Gasteiger charge is -2.35. The highest BCUT2D eigenvalue weighted by Gasteiger charge is 2.30. The van der Waals surface area contributed by atoms with E-state index in [1.54, 1.807) is 18.5 Å². The number of hydrogen-bond donors (Lipinski definition) is 1. The molecule has 170 valence electrons. The minimum absolute atomic E-state index is 0.000726. The maximum Gasteiger partial charge on any atom is 0.317 e. The highest BCUT2D eigenvalue weighted by atomic mass is 16.2. The van der Waals surface area contributed by atoms with Crippen LogP contribution in [-0.2, 0) is 4.79 Å². The Morgan fingerprint density at radius 2 is 1.75 bits per heavy atom. The number of urea groups is 1. The van der Waals surface area contributed by atoms with Crippen molar-refractivity contribution < 1.29 is 9.59 Å². The Labute approximate surface area is 189 Å². The molecule has 1 atom stereocenters. The van der Waals surface area contributed by atoms with Gasteiger partial charge in [-0.1, -0.05) is 30.3 Å². The molecular formula is C24H32N6O2. The van der Waals surface area contributed by atoms with Crippen molar-refractivity contribution in [3.63, 3.8) is 0 Å². The SMILES string of the molecule is CC(c1ccccc1)N(CC1CC1)C(=O)NCCC(=O)N1CCN(c2ncccn2)CC1. The fourth-order valence-electron chi connectivity index (χ4n) is 4.05. The van der Waals surface area contributed by atoms with E-state index >= 15 is 0 Å². The number of rotatable bonds is 8. The molecule has 1 aliphatic heterocycles. The first-order chi connectivity index (χ1) is 15.6. The summed E-state index contributed by atoms with van der Waals surface area (Å²) in [6.45, 7) is 5.89. The molecule has 32 heavy (non-hydrogen) atoms.